The third-order valence-electron chi connectivity index (χ3n) is 1.95. The van der Waals surface area contributed by atoms with Gasteiger partial charge in [0.1, 0.15) is 5.83 Å². The number of aliphatic hydroxyl groups is 1. The predicted molar refractivity (Wildman–Crippen MR) is 47.0 cm³/mol. The van der Waals surface area contributed by atoms with Crippen LogP contribution in [0.5, 0.6) is 0 Å². The molecule has 0 aromatic rings. The molecule has 1 aliphatic rings. The lowest BCUT2D eigenvalue weighted by atomic mass is 9.95. The van der Waals surface area contributed by atoms with Crippen LogP contribution in [0, 0.1) is 5.92 Å². The first kappa shape index (κ1) is 9.39. The van der Waals surface area contributed by atoms with Gasteiger partial charge in [-0.2, -0.15) is 0 Å². The molecule has 0 aromatic carbocycles. The molecule has 2 nitrogen and oxygen atoms in total. The highest BCUT2D eigenvalue weighted by molar-refractivity contribution is 5.98. The molecule has 0 aromatic heterocycles. The van der Waals surface area contributed by atoms with Gasteiger partial charge >= 0.3 is 0 Å². The van der Waals surface area contributed by atoms with Crippen LogP contribution < -0.4 is 0 Å². The second-order valence-corrected chi connectivity index (χ2v) is 3.08. The average molecular weight is 171 g/mol. The van der Waals surface area contributed by atoms with E-state index in [9.17, 15) is 4.39 Å². The molecule has 0 aliphatic heterocycles. The van der Waals surface area contributed by atoms with Crippen LogP contribution >= 0.6 is 0 Å². The van der Waals surface area contributed by atoms with E-state index in [1.165, 1.54) is 0 Å². The number of nitrogens with zero attached hydrogens (tertiary/aromatic N) is 1. The molecule has 68 valence electrons. The third-order valence-corrected chi connectivity index (χ3v) is 1.95. The number of hydrogen-bond donors (Lipinski definition) is 1. The normalized spacial score (nSPS) is 27.4. The van der Waals surface area contributed by atoms with E-state index in [-0.39, 0.29) is 12.4 Å². The fourth-order valence-corrected chi connectivity index (χ4v) is 1.25. The minimum Gasteiger partial charge on any atom is -0.394 e. The highest BCUT2D eigenvalue weighted by Gasteiger charge is 2.15. The molecule has 0 bridgehead atoms. The molecule has 0 radical (unpaired) electrons. The molecular formula is C9H14FNO. The molecule has 3 heteroatoms. The summed E-state index contributed by atoms with van der Waals surface area (Å²) in [5.74, 6) is 0.111. The molecule has 1 atom stereocenters. The van der Waals surface area contributed by atoms with Gasteiger partial charge in [0, 0.05) is 0 Å². The lowest BCUT2D eigenvalue weighted by Crippen LogP contribution is -2.10. The molecule has 0 spiro atoms. The molecular weight excluding hydrogens is 157 g/mol. The highest BCUT2D eigenvalue weighted by Crippen LogP contribution is 2.21. The Morgan fingerprint density at radius 1 is 1.75 bits per heavy atom. The zero-order valence-corrected chi connectivity index (χ0v) is 7.26. The Morgan fingerprint density at radius 2 is 2.50 bits per heavy atom. The van der Waals surface area contributed by atoms with E-state index >= 15 is 0 Å². The highest BCUT2D eigenvalue weighted by atomic mass is 19.1. The summed E-state index contributed by atoms with van der Waals surface area (Å²) in [5.41, 5.74) is 0.516. The van der Waals surface area contributed by atoms with Crippen molar-refractivity contribution in [1.29, 1.82) is 0 Å². The van der Waals surface area contributed by atoms with Crippen LogP contribution in [0.3, 0.4) is 0 Å². The number of halogens is 1. The van der Waals surface area contributed by atoms with Crippen molar-refractivity contribution in [2.24, 2.45) is 10.9 Å². The van der Waals surface area contributed by atoms with E-state index in [0.29, 0.717) is 24.6 Å². The van der Waals surface area contributed by atoms with Gasteiger partial charge in [0.05, 0.1) is 18.9 Å². The molecule has 1 rings (SSSR count). The third kappa shape index (κ3) is 2.41. The fraction of sp³-hybridized carbons (Fsp3) is 0.667. The Morgan fingerprint density at radius 3 is 3.08 bits per heavy atom. The van der Waals surface area contributed by atoms with Crippen molar-refractivity contribution in [2.75, 3.05) is 13.2 Å². The van der Waals surface area contributed by atoms with Gasteiger partial charge in [-0.05, 0) is 24.8 Å². The second kappa shape index (κ2) is 4.36. The maximum absolute atomic E-state index is 13.1. The lowest BCUT2D eigenvalue weighted by Gasteiger charge is -2.14. The van der Waals surface area contributed by atoms with Crippen molar-refractivity contribution in [3.05, 3.63) is 11.9 Å². The van der Waals surface area contributed by atoms with Crippen LogP contribution in [0.15, 0.2) is 16.9 Å². The van der Waals surface area contributed by atoms with Crippen molar-refractivity contribution >= 4 is 5.71 Å². The van der Waals surface area contributed by atoms with E-state index in [2.05, 4.69) is 4.99 Å². The Balaban J connectivity index is 2.62. The summed E-state index contributed by atoms with van der Waals surface area (Å²) < 4.78 is 13.1. The number of aliphatic imine (C=N–C) groups is 1. The lowest BCUT2D eigenvalue weighted by molar-refractivity contribution is 0.306. The van der Waals surface area contributed by atoms with Gasteiger partial charge in [-0.3, -0.25) is 4.99 Å². The Hall–Kier alpha value is -0.700. The minimum absolute atomic E-state index is 0.00761. The molecule has 0 fully saturated rings. The zero-order valence-electron chi connectivity index (χ0n) is 7.26. The van der Waals surface area contributed by atoms with Gasteiger partial charge in [-0.15, -0.1) is 0 Å². The number of allylic oxidation sites excluding steroid dienone is 2. The summed E-state index contributed by atoms with van der Waals surface area (Å²) in [7, 11) is 0. The minimum atomic E-state index is -0.206. The molecule has 1 aliphatic carbocycles. The Kier molecular flexibility index (Phi) is 3.41. The van der Waals surface area contributed by atoms with Crippen molar-refractivity contribution in [3.8, 4) is 0 Å². The number of hydrogen-bond acceptors (Lipinski definition) is 2. The fourth-order valence-electron chi connectivity index (χ4n) is 1.25. The van der Waals surface area contributed by atoms with Gasteiger partial charge < -0.3 is 5.11 Å². The topological polar surface area (TPSA) is 32.6 Å². The first-order chi connectivity index (χ1) is 5.74. The van der Waals surface area contributed by atoms with Crippen molar-refractivity contribution < 1.29 is 9.50 Å². The quantitative estimate of drug-likeness (QED) is 0.674. The first-order valence-corrected chi connectivity index (χ1v) is 4.26. The Labute approximate surface area is 71.8 Å². The van der Waals surface area contributed by atoms with Crippen LogP contribution in [0.25, 0.3) is 0 Å². The zero-order chi connectivity index (χ0) is 8.97. The monoisotopic (exact) mass is 171 g/mol. The van der Waals surface area contributed by atoms with Gasteiger partial charge in [0.25, 0.3) is 0 Å². The molecule has 0 saturated heterocycles. The summed E-state index contributed by atoms with van der Waals surface area (Å²) in [4.78, 5) is 3.94. The smallest absolute Gasteiger partial charge is 0.140 e. The van der Waals surface area contributed by atoms with Gasteiger partial charge in [-0.1, -0.05) is 6.92 Å². The Bertz CT molecular complexity index is 211. The molecule has 1 unspecified atom stereocenters. The molecule has 1 N–H and O–H groups in total. The largest absolute Gasteiger partial charge is 0.394 e. The molecule has 0 amide bonds. The van der Waals surface area contributed by atoms with Gasteiger partial charge in [0.2, 0.25) is 0 Å². The van der Waals surface area contributed by atoms with Crippen molar-refractivity contribution in [1.82, 2.24) is 0 Å². The first-order valence-electron chi connectivity index (χ1n) is 4.26. The second-order valence-electron chi connectivity index (χ2n) is 3.08. The van der Waals surface area contributed by atoms with Gasteiger partial charge in [-0.25, -0.2) is 4.39 Å². The van der Waals surface area contributed by atoms with E-state index in [1.54, 1.807) is 6.08 Å². The van der Waals surface area contributed by atoms with Crippen molar-refractivity contribution in [2.45, 2.75) is 19.8 Å². The summed E-state index contributed by atoms with van der Waals surface area (Å²) in [6.45, 7) is 2.29. The standard InChI is InChI=1S/C9H14FNO/c1-7-2-3-9(8(10)6-7)11-4-5-12/h6-7,12H,2-5H2,1H3. The summed E-state index contributed by atoms with van der Waals surface area (Å²) in [6.07, 6.45) is 3.25. The molecule has 12 heavy (non-hydrogen) atoms. The van der Waals surface area contributed by atoms with Crippen LogP contribution in [0.1, 0.15) is 19.8 Å². The van der Waals surface area contributed by atoms with Crippen LogP contribution in [0.2, 0.25) is 0 Å². The number of rotatable bonds is 2. The predicted octanol–water partition coefficient (Wildman–Crippen LogP) is 1.70. The SMILES string of the molecule is CC1C=C(F)C(=NCCO)CC1. The van der Waals surface area contributed by atoms with Gasteiger partial charge in [0.15, 0.2) is 0 Å². The average Bonchev–Trinajstić information content (AvgIpc) is 2.03. The summed E-state index contributed by atoms with van der Waals surface area (Å²) in [5, 5.41) is 8.49. The molecule has 0 saturated carbocycles. The van der Waals surface area contributed by atoms with Crippen LogP contribution in [-0.2, 0) is 0 Å². The summed E-state index contributed by atoms with van der Waals surface area (Å²) >= 11 is 0. The molecule has 0 heterocycles. The summed E-state index contributed by atoms with van der Waals surface area (Å²) in [6, 6.07) is 0. The number of aliphatic hydroxyl groups excluding tert-OH is 1. The maximum atomic E-state index is 13.1. The van der Waals surface area contributed by atoms with E-state index in [0.717, 1.165) is 6.42 Å². The van der Waals surface area contributed by atoms with E-state index in [4.69, 9.17) is 5.11 Å². The van der Waals surface area contributed by atoms with E-state index < -0.39 is 0 Å². The van der Waals surface area contributed by atoms with E-state index in [1.807, 2.05) is 6.92 Å². The van der Waals surface area contributed by atoms with Crippen LogP contribution in [-0.4, -0.2) is 24.0 Å². The van der Waals surface area contributed by atoms with Crippen molar-refractivity contribution in [3.63, 3.8) is 0 Å². The maximum Gasteiger partial charge on any atom is 0.140 e. The van der Waals surface area contributed by atoms with Crippen LogP contribution in [0.4, 0.5) is 4.39 Å².